The van der Waals surface area contributed by atoms with Crippen LogP contribution in [0.5, 0.6) is 0 Å². The summed E-state index contributed by atoms with van der Waals surface area (Å²) < 4.78 is 5.07. The largest absolute Gasteiger partial charge is 0.385 e. The molecule has 0 fully saturated rings. The zero-order valence-corrected chi connectivity index (χ0v) is 10.2. The monoisotopic (exact) mass is 246 g/mol. The number of aromatic nitrogens is 1. The molecule has 1 heterocycles. The molecule has 18 heavy (non-hydrogen) atoms. The van der Waals surface area contributed by atoms with E-state index in [9.17, 15) is 9.90 Å². The number of nitrogens with one attached hydrogen (secondary N) is 1. The Balaban J connectivity index is 2.58. The third kappa shape index (κ3) is 2.12. The highest BCUT2D eigenvalue weighted by atomic mass is 16.5. The fourth-order valence-electron chi connectivity index (χ4n) is 1.73. The van der Waals surface area contributed by atoms with Gasteiger partial charge in [-0.25, -0.2) is 0 Å². The van der Waals surface area contributed by atoms with Gasteiger partial charge < -0.3 is 14.9 Å². The SMILES string of the molecule is CNC(=O)c1c(-c2ccccc2)noc1[C@H](C)O. The molecule has 2 rings (SSSR count). The second kappa shape index (κ2) is 5.01. The molecule has 2 aromatic rings. The number of carbonyl (C=O) groups excluding carboxylic acids is 1. The molecule has 94 valence electrons. The Hall–Kier alpha value is -2.14. The van der Waals surface area contributed by atoms with Gasteiger partial charge in [0, 0.05) is 12.6 Å². The molecule has 1 atom stereocenters. The number of aliphatic hydroxyl groups is 1. The average molecular weight is 246 g/mol. The Morgan fingerprint density at radius 2 is 2.06 bits per heavy atom. The lowest BCUT2D eigenvalue weighted by Gasteiger charge is -2.04. The van der Waals surface area contributed by atoms with E-state index in [1.54, 1.807) is 0 Å². The lowest BCUT2D eigenvalue weighted by Crippen LogP contribution is -2.20. The van der Waals surface area contributed by atoms with E-state index in [2.05, 4.69) is 10.5 Å². The Morgan fingerprint density at radius 3 is 2.61 bits per heavy atom. The minimum Gasteiger partial charge on any atom is -0.385 e. The van der Waals surface area contributed by atoms with Crippen molar-refractivity contribution >= 4 is 5.91 Å². The van der Waals surface area contributed by atoms with Crippen molar-refractivity contribution in [1.29, 1.82) is 0 Å². The second-order valence-corrected chi connectivity index (χ2v) is 3.89. The van der Waals surface area contributed by atoms with Gasteiger partial charge in [0.15, 0.2) is 5.76 Å². The summed E-state index contributed by atoms with van der Waals surface area (Å²) in [5.41, 5.74) is 1.48. The summed E-state index contributed by atoms with van der Waals surface area (Å²) in [5, 5.41) is 16.0. The molecule has 2 N–H and O–H groups in total. The fraction of sp³-hybridized carbons (Fsp3) is 0.231. The normalized spacial score (nSPS) is 12.2. The molecule has 0 aliphatic rings. The molecule has 0 radical (unpaired) electrons. The first-order chi connectivity index (χ1) is 8.65. The van der Waals surface area contributed by atoms with Gasteiger partial charge in [0.05, 0.1) is 0 Å². The van der Waals surface area contributed by atoms with E-state index >= 15 is 0 Å². The number of carbonyl (C=O) groups is 1. The molecule has 1 amide bonds. The maximum atomic E-state index is 11.9. The molecule has 0 bridgehead atoms. The van der Waals surface area contributed by atoms with Gasteiger partial charge in [-0.05, 0) is 6.92 Å². The van der Waals surface area contributed by atoms with Crippen LogP contribution in [0, 0.1) is 0 Å². The van der Waals surface area contributed by atoms with Crippen LogP contribution in [0.3, 0.4) is 0 Å². The van der Waals surface area contributed by atoms with Gasteiger partial charge in [-0.2, -0.15) is 0 Å². The number of nitrogens with zero attached hydrogens (tertiary/aromatic N) is 1. The quantitative estimate of drug-likeness (QED) is 0.865. The average Bonchev–Trinajstić information content (AvgIpc) is 2.83. The smallest absolute Gasteiger partial charge is 0.257 e. The first-order valence-corrected chi connectivity index (χ1v) is 5.60. The van der Waals surface area contributed by atoms with Crippen molar-refractivity contribution in [3.8, 4) is 11.3 Å². The number of hydrogen-bond acceptors (Lipinski definition) is 4. The Bertz CT molecular complexity index is 547. The molecular formula is C13H14N2O3. The minimum absolute atomic E-state index is 0.174. The highest BCUT2D eigenvalue weighted by Gasteiger charge is 2.25. The third-order valence-electron chi connectivity index (χ3n) is 2.60. The molecule has 0 aliphatic carbocycles. The zero-order valence-electron chi connectivity index (χ0n) is 10.2. The molecule has 0 unspecified atom stereocenters. The van der Waals surface area contributed by atoms with Gasteiger partial charge in [0.1, 0.15) is 17.4 Å². The maximum absolute atomic E-state index is 11.9. The zero-order chi connectivity index (χ0) is 13.1. The highest BCUT2D eigenvalue weighted by molar-refractivity contribution is 6.00. The predicted molar refractivity (Wildman–Crippen MR) is 66.0 cm³/mol. The van der Waals surface area contributed by atoms with Crippen LogP contribution in [0.1, 0.15) is 29.1 Å². The fourth-order valence-corrected chi connectivity index (χ4v) is 1.73. The van der Waals surface area contributed by atoms with Crippen LogP contribution in [0.2, 0.25) is 0 Å². The molecule has 0 saturated carbocycles. The number of aliphatic hydroxyl groups excluding tert-OH is 1. The topological polar surface area (TPSA) is 75.4 Å². The van der Waals surface area contributed by atoms with E-state index in [1.165, 1.54) is 14.0 Å². The lowest BCUT2D eigenvalue weighted by atomic mass is 10.0. The molecule has 0 saturated heterocycles. The van der Waals surface area contributed by atoms with Crippen LogP contribution >= 0.6 is 0 Å². The maximum Gasteiger partial charge on any atom is 0.257 e. The summed E-state index contributed by atoms with van der Waals surface area (Å²) >= 11 is 0. The summed E-state index contributed by atoms with van der Waals surface area (Å²) in [4.78, 5) is 11.9. The van der Waals surface area contributed by atoms with Crippen molar-refractivity contribution in [3.63, 3.8) is 0 Å². The Labute approximate surface area is 104 Å². The minimum atomic E-state index is -0.887. The first-order valence-electron chi connectivity index (χ1n) is 5.60. The standard InChI is InChI=1S/C13H14N2O3/c1-8(16)12-10(13(17)14-2)11(15-18-12)9-6-4-3-5-7-9/h3-8,16H,1-2H3,(H,14,17)/t8-/m0/s1. The second-order valence-electron chi connectivity index (χ2n) is 3.89. The van der Waals surface area contributed by atoms with Gasteiger partial charge in [-0.3, -0.25) is 4.79 Å². The van der Waals surface area contributed by atoms with Crippen molar-refractivity contribution < 1.29 is 14.4 Å². The van der Waals surface area contributed by atoms with Crippen LogP contribution in [-0.2, 0) is 0 Å². The number of hydrogen-bond donors (Lipinski definition) is 2. The van der Waals surface area contributed by atoms with E-state index < -0.39 is 6.10 Å². The van der Waals surface area contributed by atoms with E-state index in [0.29, 0.717) is 5.69 Å². The highest BCUT2D eigenvalue weighted by Crippen LogP contribution is 2.28. The summed E-state index contributed by atoms with van der Waals surface area (Å²) in [7, 11) is 1.52. The van der Waals surface area contributed by atoms with Gasteiger partial charge in [-0.15, -0.1) is 0 Å². The summed E-state index contributed by atoms with van der Waals surface area (Å²) in [5.74, 6) is -0.154. The van der Waals surface area contributed by atoms with Gasteiger partial charge in [0.2, 0.25) is 0 Å². The first kappa shape index (κ1) is 12.3. The van der Waals surface area contributed by atoms with Crippen LogP contribution in [0.4, 0.5) is 0 Å². The molecule has 1 aromatic carbocycles. The Morgan fingerprint density at radius 1 is 1.39 bits per heavy atom. The molecule has 0 aliphatic heterocycles. The van der Waals surface area contributed by atoms with Gasteiger partial charge in [-0.1, -0.05) is 35.5 Å². The van der Waals surface area contributed by atoms with E-state index in [4.69, 9.17) is 4.52 Å². The molecular weight excluding hydrogens is 232 g/mol. The van der Waals surface area contributed by atoms with Crippen LogP contribution < -0.4 is 5.32 Å². The lowest BCUT2D eigenvalue weighted by molar-refractivity contribution is 0.0950. The van der Waals surface area contributed by atoms with E-state index in [1.807, 2.05) is 30.3 Å². The summed E-state index contributed by atoms with van der Waals surface area (Å²) in [6.45, 7) is 1.53. The third-order valence-corrected chi connectivity index (χ3v) is 2.60. The van der Waals surface area contributed by atoms with Crippen molar-refractivity contribution in [3.05, 3.63) is 41.7 Å². The van der Waals surface area contributed by atoms with E-state index in [-0.39, 0.29) is 17.2 Å². The summed E-state index contributed by atoms with van der Waals surface area (Å²) in [6, 6.07) is 9.23. The molecule has 5 nitrogen and oxygen atoms in total. The van der Waals surface area contributed by atoms with Gasteiger partial charge >= 0.3 is 0 Å². The van der Waals surface area contributed by atoms with Crippen molar-refractivity contribution in [2.45, 2.75) is 13.0 Å². The van der Waals surface area contributed by atoms with Crippen LogP contribution in [0.25, 0.3) is 11.3 Å². The van der Waals surface area contributed by atoms with Crippen molar-refractivity contribution in [2.24, 2.45) is 0 Å². The molecule has 5 heteroatoms. The number of amides is 1. The van der Waals surface area contributed by atoms with Crippen LogP contribution in [-0.4, -0.2) is 23.2 Å². The number of benzene rings is 1. The van der Waals surface area contributed by atoms with Gasteiger partial charge in [0.25, 0.3) is 5.91 Å². The molecule has 0 spiro atoms. The van der Waals surface area contributed by atoms with Crippen LogP contribution in [0.15, 0.2) is 34.9 Å². The van der Waals surface area contributed by atoms with Crippen molar-refractivity contribution in [2.75, 3.05) is 7.05 Å². The number of rotatable bonds is 3. The van der Waals surface area contributed by atoms with E-state index in [0.717, 1.165) is 5.56 Å². The summed E-state index contributed by atoms with van der Waals surface area (Å²) in [6.07, 6.45) is -0.887. The predicted octanol–water partition coefficient (Wildman–Crippen LogP) is 1.75. The van der Waals surface area contributed by atoms with Crippen molar-refractivity contribution in [1.82, 2.24) is 10.5 Å². The molecule has 1 aromatic heterocycles. The Kier molecular flexibility index (Phi) is 3.43.